The minimum atomic E-state index is -0.695. The Morgan fingerprint density at radius 1 is 1.05 bits per heavy atom. The monoisotopic (exact) mass is 558 g/mol. The Labute approximate surface area is 237 Å². The number of hydrogen-bond acceptors (Lipinski definition) is 8. The number of anilines is 1. The average molecular weight is 559 g/mol. The van der Waals surface area contributed by atoms with Gasteiger partial charge in [0.05, 0.1) is 6.20 Å². The van der Waals surface area contributed by atoms with Crippen molar-refractivity contribution in [1.29, 1.82) is 0 Å². The number of aromatic nitrogens is 3. The Morgan fingerprint density at radius 2 is 1.73 bits per heavy atom. The number of nitrogens with one attached hydrogen (secondary N) is 1. The SMILES string of the molecule is CC(C)c1cnn2c(N(C(=O)OC(C)(C)C)C3CCN(C(=O)OC(C)(C)C)CC3)cc(O[C@@H]3CCCNC3)nc12. The fraction of sp³-hybridized carbons (Fsp3) is 0.724. The van der Waals surface area contributed by atoms with Gasteiger partial charge in [0.1, 0.15) is 23.1 Å². The third-order valence-corrected chi connectivity index (χ3v) is 6.94. The van der Waals surface area contributed by atoms with Gasteiger partial charge in [0.2, 0.25) is 5.88 Å². The van der Waals surface area contributed by atoms with Crippen LogP contribution in [0.5, 0.6) is 5.88 Å². The van der Waals surface area contributed by atoms with Crippen molar-refractivity contribution in [2.75, 3.05) is 31.1 Å². The van der Waals surface area contributed by atoms with Crippen LogP contribution >= 0.6 is 0 Å². The number of ether oxygens (including phenoxy) is 3. The van der Waals surface area contributed by atoms with Crippen molar-refractivity contribution < 1.29 is 23.8 Å². The summed E-state index contributed by atoms with van der Waals surface area (Å²) in [5.74, 6) is 1.18. The fourth-order valence-corrected chi connectivity index (χ4v) is 5.05. The molecule has 2 amide bonds. The van der Waals surface area contributed by atoms with Crippen LogP contribution in [0.2, 0.25) is 0 Å². The summed E-state index contributed by atoms with van der Waals surface area (Å²) in [6.45, 7) is 18.0. The summed E-state index contributed by atoms with van der Waals surface area (Å²) in [6.07, 6.45) is 4.07. The van der Waals surface area contributed by atoms with E-state index in [-0.39, 0.29) is 24.2 Å². The molecular weight excluding hydrogens is 512 g/mol. The number of hydrogen-bond donors (Lipinski definition) is 1. The van der Waals surface area contributed by atoms with E-state index in [0.29, 0.717) is 43.3 Å². The van der Waals surface area contributed by atoms with Crippen LogP contribution in [0.15, 0.2) is 12.3 Å². The first-order chi connectivity index (χ1) is 18.7. The van der Waals surface area contributed by atoms with Crippen molar-refractivity contribution >= 4 is 23.7 Å². The Morgan fingerprint density at radius 3 is 2.30 bits per heavy atom. The number of carbonyl (C=O) groups is 2. The predicted octanol–water partition coefficient (Wildman–Crippen LogP) is 5.12. The molecule has 2 aromatic rings. The molecule has 0 spiro atoms. The highest BCUT2D eigenvalue weighted by molar-refractivity contribution is 5.88. The molecule has 2 aliphatic rings. The van der Waals surface area contributed by atoms with Crippen molar-refractivity contribution in [3.8, 4) is 5.88 Å². The first-order valence-corrected chi connectivity index (χ1v) is 14.5. The molecule has 2 saturated heterocycles. The van der Waals surface area contributed by atoms with Gasteiger partial charge in [0.25, 0.3) is 0 Å². The Kier molecular flexibility index (Phi) is 8.82. The number of carbonyl (C=O) groups excluding carboxylic acids is 2. The summed E-state index contributed by atoms with van der Waals surface area (Å²) in [5.41, 5.74) is 0.361. The topological polar surface area (TPSA) is 111 Å². The fourth-order valence-electron chi connectivity index (χ4n) is 5.05. The van der Waals surface area contributed by atoms with Gasteiger partial charge >= 0.3 is 12.2 Å². The first-order valence-electron chi connectivity index (χ1n) is 14.5. The van der Waals surface area contributed by atoms with Gasteiger partial charge in [0.15, 0.2) is 5.65 Å². The molecule has 2 fully saturated rings. The maximum atomic E-state index is 13.8. The molecule has 0 radical (unpaired) electrons. The van der Waals surface area contributed by atoms with E-state index in [9.17, 15) is 9.59 Å². The van der Waals surface area contributed by atoms with Gasteiger partial charge in [-0.25, -0.2) is 9.59 Å². The minimum Gasteiger partial charge on any atom is -0.473 e. The van der Waals surface area contributed by atoms with Gasteiger partial charge in [-0.05, 0) is 79.7 Å². The number of nitrogens with zero attached hydrogens (tertiary/aromatic N) is 5. The highest BCUT2D eigenvalue weighted by atomic mass is 16.6. The van der Waals surface area contributed by atoms with Crippen molar-refractivity contribution in [3.05, 3.63) is 17.8 Å². The zero-order valence-electron chi connectivity index (χ0n) is 25.3. The van der Waals surface area contributed by atoms with Gasteiger partial charge in [-0.3, -0.25) is 4.90 Å². The van der Waals surface area contributed by atoms with Crippen molar-refractivity contribution in [1.82, 2.24) is 24.8 Å². The van der Waals surface area contributed by atoms with Crippen LogP contribution in [0.25, 0.3) is 5.65 Å². The van der Waals surface area contributed by atoms with Crippen LogP contribution in [-0.2, 0) is 9.47 Å². The molecule has 40 heavy (non-hydrogen) atoms. The van der Waals surface area contributed by atoms with Crippen molar-refractivity contribution in [2.45, 2.75) is 110 Å². The van der Waals surface area contributed by atoms with E-state index in [1.807, 2.05) is 41.5 Å². The second-order valence-corrected chi connectivity index (χ2v) is 13.1. The second kappa shape index (κ2) is 11.8. The van der Waals surface area contributed by atoms with Crippen molar-refractivity contribution in [2.24, 2.45) is 0 Å². The Hall–Kier alpha value is -3.08. The van der Waals surface area contributed by atoms with Crippen LogP contribution in [0.1, 0.15) is 92.6 Å². The average Bonchev–Trinajstić information content (AvgIpc) is 3.27. The second-order valence-electron chi connectivity index (χ2n) is 13.1. The maximum Gasteiger partial charge on any atom is 0.416 e. The Balaban J connectivity index is 1.71. The van der Waals surface area contributed by atoms with Crippen LogP contribution in [-0.4, -0.2) is 81.2 Å². The van der Waals surface area contributed by atoms with E-state index >= 15 is 0 Å². The summed E-state index contributed by atoms with van der Waals surface area (Å²) in [6, 6.07) is 1.57. The van der Waals surface area contributed by atoms with Gasteiger partial charge in [-0.2, -0.15) is 14.6 Å². The van der Waals surface area contributed by atoms with E-state index in [4.69, 9.17) is 19.2 Å². The lowest BCUT2D eigenvalue weighted by molar-refractivity contribution is 0.0200. The third-order valence-electron chi connectivity index (χ3n) is 6.94. The lowest BCUT2D eigenvalue weighted by Gasteiger charge is -2.39. The lowest BCUT2D eigenvalue weighted by atomic mass is 10.0. The summed E-state index contributed by atoms with van der Waals surface area (Å²) >= 11 is 0. The van der Waals surface area contributed by atoms with Crippen LogP contribution in [0.4, 0.5) is 15.4 Å². The molecule has 1 atom stereocenters. The molecule has 0 aromatic carbocycles. The first kappa shape index (κ1) is 29.9. The standard InChI is InChI=1S/C29H46N6O5/c1-19(2)22-18-31-35-24(16-23(32-25(22)35)38-21-10-9-13-30-17-21)34(27(37)40-29(6,7)8)20-11-14-33(15-12-20)26(36)39-28(3,4)5/h16,18-21,30H,9-15,17H2,1-8H3/t21-/m1/s1. The molecule has 0 aliphatic carbocycles. The normalized spacial score (nSPS) is 19.1. The number of rotatable bonds is 5. The molecule has 0 bridgehead atoms. The Bertz CT molecular complexity index is 1180. The molecule has 2 aromatic heterocycles. The summed E-state index contributed by atoms with van der Waals surface area (Å²) in [4.78, 5) is 34.8. The zero-order valence-corrected chi connectivity index (χ0v) is 25.3. The molecule has 1 N–H and O–H groups in total. The molecule has 11 nitrogen and oxygen atoms in total. The van der Waals surface area contributed by atoms with Gasteiger partial charge in [0, 0.05) is 37.3 Å². The smallest absolute Gasteiger partial charge is 0.416 e. The van der Waals surface area contributed by atoms with E-state index in [2.05, 4.69) is 24.3 Å². The quantitative estimate of drug-likeness (QED) is 0.538. The maximum absolute atomic E-state index is 13.8. The summed E-state index contributed by atoms with van der Waals surface area (Å²) < 4.78 is 19.6. The summed E-state index contributed by atoms with van der Waals surface area (Å²) in [7, 11) is 0. The number of fused-ring (bicyclic) bond motifs is 1. The molecular formula is C29H46N6O5. The highest BCUT2D eigenvalue weighted by Gasteiger charge is 2.36. The number of likely N-dealkylation sites (tertiary alicyclic amines) is 1. The molecule has 0 saturated carbocycles. The number of piperidine rings is 2. The largest absolute Gasteiger partial charge is 0.473 e. The van der Waals surface area contributed by atoms with Gasteiger partial charge < -0.3 is 24.4 Å². The molecule has 222 valence electrons. The van der Waals surface area contributed by atoms with Gasteiger partial charge in [-0.1, -0.05) is 13.8 Å². The van der Waals surface area contributed by atoms with Crippen LogP contribution in [0, 0.1) is 0 Å². The zero-order chi connectivity index (χ0) is 29.2. The molecule has 0 unspecified atom stereocenters. The van der Waals surface area contributed by atoms with Crippen LogP contribution < -0.4 is 15.0 Å². The van der Waals surface area contributed by atoms with E-state index < -0.39 is 17.3 Å². The molecule has 11 heteroatoms. The van der Waals surface area contributed by atoms with E-state index in [1.54, 1.807) is 26.6 Å². The predicted molar refractivity (Wildman–Crippen MR) is 153 cm³/mol. The van der Waals surface area contributed by atoms with Gasteiger partial charge in [-0.15, -0.1) is 0 Å². The number of amides is 2. The molecule has 4 rings (SSSR count). The third kappa shape index (κ3) is 7.35. The van der Waals surface area contributed by atoms with Crippen molar-refractivity contribution in [3.63, 3.8) is 0 Å². The molecule has 4 heterocycles. The van der Waals surface area contributed by atoms with E-state index in [1.165, 1.54) is 0 Å². The lowest BCUT2D eigenvalue weighted by Crippen LogP contribution is -2.51. The minimum absolute atomic E-state index is 0.00554. The summed E-state index contributed by atoms with van der Waals surface area (Å²) in [5, 5.41) is 8.04. The highest BCUT2D eigenvalue weighted by Crippen LogP contribution is 2.32. The molecule has 2 aliphatic heterocycles. The van der Waals surface area contributed by atoms with E-state index in [0.717, 1.165) is 31.5 Å². The van der Waals surface area contributed by atoms with Crippen LogP contribution in [0.3, 0.4) is 0 Å².